The maximum Gasteiger partial charge on any atom is 0.258 e. The number of carbonyl (C=O) groups is 1. The highest BCUT2D eigenvalue weighted by Crippen LogP contribution is 2.36. The first-order chi connectivity index (χ1) is 21.9. The maximum atomic E-state index is 13.7. The first-order valence-corrected chi connectivity index (χ1v) is 16.1. The van der Waals surface area contributed by atoms with Gasteiger partial charge in [-0.25, -0.2) is 4.98 Å². The van der Waals surface area contributed by atoms with Crippen molar-refractivity contribution in [2.75, 3.05) is 57.6 Å². The topological polar surface area (TPSA) is 108 Å². The Balaban J connectivity index is 1.25. The van der Waals surface area contributed by atoms with Crippen molar-refractivity contribution in [1.29, 1.82) is 0 Å². The number of piperidine rings is 1. The lowest BCUT2D eigenvalue weighted by Gasteiger charge is -2.34. The van der Waals surface area contributed by atoms with Crippen molar-refractivity contribution >= 4 is 28.6 Å². The van der Waals surface area contributed by atoms with Gasteiger partial charge in [-0.3, -0.25) is 15.1 Å². The number of imidazole rings is 1. The number of nitrogens with zero attached hydrogens (tertiary/aromatic N) is 5. The van der Waals surface area contributed by atoms with Crippen LogP contribution in [0.5, 0.6) is 5.75 Å². The number of likely N-dealkylation sites (N-methyl/N-ethyl adjacent to an activating group) is 1. The first kappa shape index (κ1) is 31.0. The molecule has 1 aliphatic carbocycles. The maximum absolute atomic E-state index is 13.7. The van der Waals surface area contributed by atoms with Crippen LogP contribution in [-0.2, 0) is 0 Å². The van der Waals surface area contributed by atoms with E-state index in [2.05, 4.69) is 62.3 Å². The molecule has 0 bridgehead atoms. The van der Waals surface area contributed by atoms with Gasteiger partial charge < -0.3 is 29.5 Å². The summed E-state index contributed by atoms with van der Waals surface area (Å²) in [5.41, 5.74) is 5.02. The number of benzene rings is 2. The van der Waals surface area contributed by atoms with E-state index in [1.165, 1.54) is 5.69 Å². The van der Waals surface area contributed by atoms with Crippen molar-refractivity contribution < 1.29 is 14.6 Å². The van der Waals surface area contributed by atoms with Crippen LogP contribution in [0.4, 0.5) is 11.6 Å². The minimum absolute atomic E-state index is 0.136. The molecule has 0 radical (unpaired) electrons. The molecule has 1 saturated heterocycles. The van der Waals surface area contributed by atoms with Gasteiger partial charge in [0.25, 0.3) is 5.91 Å². The number of carbonyl (C=O) groups excluding carboxylic acids is 1. The molecule has 2 aromatic carbocycles. The lowest BCUT2D eigenvalue weighted by atomic mass is 9.93. The zero-order valence-electron chi connectivity index (χ0n) is 26.6. The monoisotopic (exact) mass is 611 g/mol. The van der Waals surface area contributed by atoms with Crippen molar-refractivity contribution in [2.45, 2.75) is 56.7 Å². The van der Waals surface area contributed by atoms with E-state index in [0.29, 0.717) is 29.0 Å². The molecule has 6 rings (SSSR count). The molecule has 2 fully saturated rings. The number of aliphatic hydroxyl groups excluding tert-OH is 1. The third-order valence-electron chi connectivity index (χ3n) is 9.19. The van der Waals surface area contributed by atoms with E-state index in [4.69, 9.17) is 9.72 Å². The molecule has 0 spiro atoms. The van der Waals surface area contributed by atoms with E-state index in [1.54, 1.807) is 25.4 Å². The van der Waals surface area contributed by atoms with Crippen LogP contribution in [0, 0.1) is 0 Å². The number of hydrogen-bond acceptors (Lipinski definition) is 8. The smallest absolute Gasteiger partial charge is 0.258 e. The van der Waals surface area contributed by atoms with E-state index < -0.39 is 0 Å². The van der Waals surface area contributed by atoms with Crippen LogP contribution in [0.25, 0.3) is 22.3 Å². The molecule has 1 aliphatic heterocycles. The Morgan fingerprint density at radius 1 is 1.02 bits per heavy atom. The molecule has 1 amide bonds. The van der Waals surface area contributed by atoms with Gasteiger partial charge in [0.15, 0.2) is 0 Å². The highest BCUT2D eigenvalue weighted by molar-refractivity contribution is 6.04. The van der Waals surface area contributed by atoms with Gasteiger partial charge in [0, 0.05) is 61.3 Å². The summed E-state index contributed by atoms with van der Waals surface area (Å²) < 4.78 is 7.72. The quantitative estimate of drug-likeness (QED) is 0.231. The number of anilines is 2. The summed E-state index contributed by atoms with van der Waals surface area (Å²) in [6.45, 7) is 4.04. The van der Waals surface area contributed by atoms with Crippen LogP contribution in [0.3, 0.4) is 0 Å². The molecule has 45 heavy (non-hydrogen) atoms. The number of aliphatic hydroxyl groups is 1. The van der Waals surface area contributed by atoms with E-state index in [0.717, 1.165) is 81.3 Å². The van der Waals surface area contributed by atoms with Crippen LogP contribution in [-0.4, -0.2) is 90.0 Å². The Morgan fingerprint density at radius 2 is 1.80 bits per heavy atom. The van der Waals surface area contributed by atoms with Gasteiger partial charge in [-0.1, -0.05) is 12.1 Å². The summed E-state index contributed by atoms with van der Waals surface area (Å²) in [4.78, 5) is 27.8. The summed E-state index contributed by atoms with van der Waals surface area (Å²) in [5.74, 6) is 0.988. The summed E-state index contributed by atoms with van der Waals surface area (Å²) in [6.07, 6.45) is 6.72. The van der Waals surface area contributed by atoms with Crippen LogP contribution < -0.4 is 20.3 Å². The predicted octanol–water partition coefficient (Wildman–Crippen LogP) is 4.96. The average Bonchev–Trinajstić information content (AvgIpc) is 3.42. The molecule has 0 atom stereocenters. The summed E-state index contributed by atoms with van der Waals surface area (Å²) >= 11 is 0. The molecule has 3 heterocycles. The number of fused-ring (bicyclic) bond motifs is 1. The second-order valence-electron chi connectivity index (χ2n) is 12.5. The second kappa shape index (κ2) is 14.0. The molecule has 0 unspecified atom stereocenters. The molecule has 10 nitrogen and oxygen atoms in total. The molecular formula is C35H45N7O3. The van der Waals surface area contributed by atoms with E-state index in [1.807, 2.05) is 24.3 Å². The number of rotatable bonds is 10. The number of para-hydroxylation sites is 1. The highest BCUT2D eigenvalue weighted by atomic mass is 16.5. The number of hydrogen-bond donors (Lipinski definition) is 3. The van der Waals surface area contributed by atoms with Gasteiger partial charge in [-0.15, -0.1) is 0 Å². The number of nitrogens with one attached hydrogen (secondary N) is 2. The number of methoxy groups -OCH3 is 1. The molecular weight excluding hydrogens is 566 g/mol. The second-order valence-corrected chi connectivity index (χ2v) is 12.5. The molecule has 10 heteroatoms. The minimum atomic E-state index is -0.275. The van der Waals surface area contributed by atoms with Crippen LogP contribution in [0.1, 0.15) is 54.9 Å². The molecule has 238 valence electrons. The van der Waals surface area contributed by atoms with Gasteiger partial charge in [0.05, 0.1) is 29.9 Å². The number of pyridine rings is 1. The fourth-order valence-electron chi connectivity index (χ4n) is 6.64. The lowest BCUT2D eigenvalue weighted by Crippen LogP contribution is -2.44. The van der Waals surface area contributed by atoms with Gasteiger partial charge in [-0.05, 0) is 95.1 Å². The number of amides is 1. The predicted molar refractivity (Wildman–Crippen MR) is 179 cm³/mol. The van der Waals surface area contributed by atoms with Crippen LogP contribution in [0.15, 0.2) is 60.8 Å². The van der Waals surface area contributed by atoms with Crippen LogP contribution >= 0.6 is 0 Å². The highest BCUT2D eigenvalue weighted by Gasteiger charge is 2.27. The molecule has 4 aromatic rings. The standard InChI is InChI=1S/C35H45N7O3/c1-40(2)21-18-36-25-15-19-41(20-16-25)27-10-13-30-32(23-27)42(26-8-11-28(43)12-9-26)35(38-30)39-34(44)24-14-17-37-31(22-24)29-6-4-5-7-33(29)45-3/h4-7,10,13-14,17,22-23,25-26,28,36,43H,8-9,11-12,15-16,18-21H2,1-3H3,(H,38,39,44)/t26-,28+. The fraction of sp³-hybridized carbons (Fsp3) is 0.457. The van der Waals surface area contributed by atoms with Gasteiger partial charge in [-0.2, -0.15) is 0 Å². The number of ether oxygens (including phenoxy) is 1. The van der Waals surface area contributed by atoms with Crippen LogP contribution in [0.2, 0.25) is 0 Å². The SMILES string of the molecule is COc1ccccc1-c1cc(C(=O)Nc2nc3ccc(N4CCC(NCCN(C)C)CC4)cc3n2[C@H]2CC[C@@H](O)CC2)ccn1. The minimum Gasteiger partial charge on any atom is -0.496 e. The van der Waals surface area contributed by atoms with E-state index >= 15 is 0 Å². The molecule has 2 aromatic heterocycles. The Bertz CT molecular complexity index is 1600. The summed E-state index contributed by atoms with van der Waals surface area (Å²) in [7, 11) is 5.84. The van der Waals surface area contributed by atoms with Crippen molar-refractivity contribution in [2.24, 2.45) is 0 Å². The summed E-state index contributed by atoms with van der Waals surface area (Å²) in [5, 5.41) is 17.1. The van der Waals surface area contributed by atoms with Crippen molar-refractivity contribution in [1.82, 2.24) is 24.8 Å². The van der Waals surface area contributed by atoms with E-state index in [9.17, 15) is 9.90 Å². The molecule has 3 N–H and O–H groups in total. The van der Waals surface area contributed by atoms with Gasteiger partial charge in [0.1, 0.15) is 5.75 Å². The zero-order valence-corrected chi connectivity index (χ0v) is 26.6. The Hall–Kier alpha value is -3.99. The zero-order chi connectivity index (χ0) is 31.3. The third kappa shape index (κ3) is 7.13. The van der Waals surface area contributed by atoms with Gasteiger partial charge in [0.2, 0.25) is 5.95 Å². The molecule has 1 saturated carbocycles. The summed E-state index contributed by atoms with van der Waals surface area (Å²) in [6, 6.07) is 18.3. The van der Waals surface area contributed by atoms with Crippen molar-refractivity contribution in [3.05, 3.63) is 66.4 Å². The fourth-order valence-corrected chi connectivity index (χ4v) is 6.64. The Morgan fingerprint density at radius 3 is 2.56 bits per heavy atom. The largest absolute Gasteiger partial charge is 0.496 e. The third-order valence-corrected chi connectivity index (χ3v) is 9.19. The van der Waals surface area contributed by atoms with E-state index in [-0.39, 0.29) is 18.1 Å². The lowest BCUT2D eigenvalue weighted by molar-refractivity contribution is 0.102. The van der Waals surface area contributed by atoms with Crippen molar-refractivity contribution in [3.63, 3.8) is 0 Å². The average molecular weight is 612 g/mol. The molecule has 2 aliphatic rings. The Labute approximate surface area is 265 Å². The number of aromatic nitrogens is 3. The van der Waals surface area contributed by atoms with Crippen molar-refractivity contribution in [3.8, 4) is 17.0 Å². The normalized spacial score (nSPS) is 19.3. The Kier molecular flexibility index (Phi) is 9.63. The van der Waals surface area contributed by atoms with Gasteiger partial charge >= 0.3 is 0 Å². The first-order valence-electron chi connectivity index (χ1n) is 16.1.